The summed E-state index contributed by atoms with van der Waals surface area (Å²) in [5, 5.41) is 12.2. The maximum atomic E-state index is 9.87. The minimum atomic E-state index is 0.169. The van der Waals surface area contributed by atoms with Crippen LogP contribution in [-0.4, -0.2) is 43.5 Å². The van der Waals surface area contributed by atoms with Crippen LogP contribution in [0.5, 0.6) is 5.75 Å². The summed E-state index contributed by atoms with van der Waals surface area (Å²) in [5.41, 5.74) is 7.27. The zero-order chi connectivity index (χ0) is 21.6. The van der Waals surface area contributed by atoms with Gasteiger partial charge in [0.05, 0.1) is 7.11 Å². The lowest BCUT2D eigenvalue weighted by atomic mass is 9.73. The Labute approximate surface area is 185 Å². The summed E-state index contributed by atoms with van der Waals surface area (Å²) < 4.78 is 5.79. The van der Waals surface area contributed by atoms with Crippen LogP contribution < -0.4 is 10.2 Å². The minimum absolute atomic E-state index is 0.169. The largest absolute Gasteiger partial charge is 0.496 e. The molecule has 3 aromatic carbocycles. The lowest BCUT2D eigenvalue weighted by Crippen LogP contribution is -2.44. The molecule has 31 heavy (non-hydrogen) atoms. The molecular weight excluding hydrogens is 384 g/mol. The van der Waals surface area contributed by atoms with Crippen LogP contribution in [0, 0.1) is 5.92 Å². The van der Waals surface area contributed by atoms with Crippen LogP contribution in [-0.2, 0) is 0 Å². The molecule has 0 bridgehead atoms. The Hall–Kier alpha value is -2.66. The second kappa shape index (κ2) is 10.1. The first kappa shape index (κ1) is 21.6. The molecule has 3 unspecified atom stereocenters. The number of ether oxygens (including phenoxy) is 1. The van der Waals surface area contributed by atoms with Crippen molar-refractivity contribution in [2.24, 2.45) is 5.92 Å². The number of methoxy groups -OCH3 is 1. The number of rotatable bonds is 8. The molecule has 0 aliphatic carbocycles. The molecule has 4 heteroatoms. The Morgan fingerprint density at radius 1 is 0.935 bits per heavy atom. The van der Waals surface area contributed by atoms with E-state index in [4.69, 9.17) is 4.74 Å². The fourth-order valence-electron chi connectivity index (χ4n) is 5.31. The molecule has 4 nitrogen and oxygen atoms in total. The second-order valence-electron chi connectivity index (χ2n) is 8.21. The minimum Gasteiger partial charge on any atom is -0.496 e. The Morgan fingerprint density at radius 3 is 2.06 bits per heavy atom. The molecule has 4 rings (SSSR count). The SMILES string of the molecule is CNN1CC(CCO)C(c2ccccc2OC)C1C(c1ccccc1)c1ccccc1. The number of hydrazine groups is 1. The number of nitrogens with one attached hydrogen (secondary N) is 1. The predicted octanol–water partition coefficient (Wildman–Crippen LogP) is 4.43. The molecule has 1 aliphatic rings. The number of para-hydroxylation sites is 1. The summed E-state index contributed by atoms with van der Waals surface area (Å²) in [6.07, 6.45) is 0.758. The average molecular weight is 417 g/mol. The number of aliphatic hydroxyl groups is 1. The molecular formula is C27H32N2O2. The fourth-order valence-corrected chi connectivity index (χ4v) is 5.31. The van der Waals surface area contributed by atoms with Crippen LogP contribution in [0.1, 0.15) is 34.9 Å². The Morgan fingerprint density at radius 2 is 1.52 bits per heavy atom. The van der Waals surface area contributed by atoms with Gasteiger partial charge in [-0.2, -0.15) is 0 Å². The van der Waals surface area contributed by atoms with Crippen molar-refractivity contribution in [2.45, 2.75) is 24.3 Å². The highest BCUT2D eigenvalue weighted by molar-refractivity contribution is 5.43. The van der Waals surface area contributed by atoms with Crippen molar-refractivity contribution in [3.63, 3.8) is 0 Å². The van der Waals surface area contributed by atoms with Crippen molar-refractivity contribution in [3.8, 4) is 5.75 Å². The van der Waals surface area contributed by atoms with E-state index in [-0.39, 0.29) is 24.5 Å². The summed E-state index contributed by atoms with van der Waals surface area (Å²) in [4.78, 5) is 0. The van der Waals surface area contributed by atoms with Crippen molar-refractivity contribution in [1.29, 1.82) is 0 Å². The fraction of sp³-hybridized carbons (Fsp3) is 0.333. The van der Waals surface area contributed by atoms with Gasteiger partial charge < -0.3 is 9.84 Å². The number of aliphatic hydroxyl groups excluding tert-OH is 1. The van der Waals surface area contributed by atoms with E-state index in [1.165, 1.54) is 16.7 Å². The lowest BCUT2D eigenvalue weighted by Gasteiger charge is -2.36. The van der Waals surface area contributed by atoms with Gasteiger partial charge in [-0.05, 0) is 42.1 Å². The van der Waals surface area contributed by atoms with Crippen molar-refractivity contribution in [2.75, 3.05) is 27.3 Å². The van der Waals surface area contributed by atoms with Crippen molar-refractivity contribution >= 4 is 0 Å². The third-order valence-electron chi connectivity index (χ3n) is 6.61. The molecule has 1 fully saturated rings. The van der Waals surface area contributed by atoms with Crippen LogP contribution in [0.15, 0.2) is 84.9 Å². The summed E-state index contributed by atoms with van der Waals surface area (Å²) in [6, 6.07) is 30.0. The standard InChI is InChI=1S/C27H32N2O2/c1-28-29-19-22(17-18-30)26(23-15-9-10-16-24(23)31-2)27(29)25(20-11-5-3-6-12-20)21-13-7-4-8-14-21/h3-16,22,25-28,30H,17-19H2,1-2H3. The van der Waals surface area contributed by atoms with E-state index in [2.05, 4.69) is 83.2 Å². The maximum Gasteiger partial charge on any atom is 0.122 e. The number of hydrogen-bond acceptors (Lipinski definition) is 4. The Bertz CT molecular complexity index is 908. The smallest absolute Gasteiger partial charge is 0.122 e. The van der Waals surface area contributed by atoms with Gasteiger partial charge in [0.1, 0.15) is 5.75 Å². The molecule has 162 valence electrons. The monoisotopic (exact) mass is 416 g/mol. The highest BCUT2D eigenvalue weighted by Gasteiger charge is 2.47. The maximum absolute atomic E-state index is 9.87. The normalized spacial score (nSPS) is 21.5. The van der Waals surface area contributed by atoms with Crippen molar-refractivity contribution in [1.82, 2.24) is 10.4 Å². The van der Waals surface area contributed by atoms with E-state index in [1.807, 2.05) is 19.2 Å². The zero-order valence-corrected chi connectivity index (χ0v) is 18.3. The van der Waals surface area contributed by atoms with Gasteiger partial charge in [0.25, 0.3) is 0 Å². The quantitative estimate of drug-likeness (QED) is 0.570. The van der Waals surface area contributed by atoms with Gasteiger partial charge in [-0.3, -0.25) is 5.43 Å². The summed E-state index contributed by atoms with van der Waals surface area (Å²) in [5.74, 6) is 1.61. The van der Waals surface area contributed by atoms with Gasteiger partial charge in [-0.15, -0.1) is 0 Å². The van der Waals surface area contributed by atoms with Crippen LogP contribution in [0.3, 0.4) is 0 Å². The molecule has 0 radical (unpaired) electrons. The molecule has 0 spiro atoms. The van der Waals surface area contributed by atoms with E-state index < -0.39 is 0 Å². The van der Waals surface area contributed by atoms with E-state index in [9.17, 15) is 5.11 Å². The van der Waals surface area contributed by atoms with Crippen molar-refractivity contribution in [3.05, 3.63) is 102 Å². The lowest BCUT2D eigenvalue weighted by molar-refractivity contribution is 0.165. The first-order valence-electron chi connectivity index (χ1n) is 11.1. The van der Waals surface area contributed by atoms with Crippen LogP contribution in [0.2, 0.25) is 0 Å². The molecule has 1 aliphatic heterocycles. The number of nitrogens with zero attached hydrogens (tertiary/aromatic N) is 1. The highest BCUT2D eigenvalue weighted by atomic mass is 16.5. The van der Waals surface area contributed by atoms with Gasteiger partial charge in [0.2, 0.25) is 0 Å². The molecule has 3 atom stereocenters. The third-order valence-corrected chi connectivity index (χ3v) is 6.61. The van der Waals surface area contributed by atoms with Gasteiger partial charge in [-0.25, -0.2) is 5.01 Å². The first-order chi connectivity index (χ1) is 15.3. The molecule has 3 aromatic rings. The Balaban J connectivity index is 1.89. The summed E-state index contributed by atoms with van der Waals surface area (Å²) in [6.45, 7) is 1.06. The van der Waals surface area contributed by atoms with Gasteiger partial charge in [0.15, 0.2) is 0 Å². The van der Waals surface area contributed by atoms with Crippen LogP contribution in [0.25, 0.3) is 0 Å². The third kappa shape index (κ3) is 4.38. The molecule has 1 heterocycles. The highest BCUT2D eigenvalue weighted by Crippen LogP contribution is 2.49. The van der Waals surface area contributed by atoms with Crippen molar-refractivity contribution < 1.29 is 9.84 Å². The van der Waals surface area contributed by atoms with Crippen LogP contribution >= 0.6 is 0 Å². The second-order valence-corrected chi connectivity index (χ2v) is 8.21. The van der Waals surface area contributed by atoms with E-state index >= 15 is 0 Å². The molecule has 0 amide bonds. The average Bonchev–Trinajstić information content (AvgIpc) is 3.18. The summed E-state index contributed by atoms with van der Waals surface area (Å²) in [7, 11) is 3.74. The van der Waals surface area contributed by atoms with Gasteiger partial charge in [-0.1, -0.05) is 78.9 Å². The Kier molecular flexibility index (Phi) is 7.03. The first-order valence-corrected chi connectivity index (χ1v) is 11.1. The van der Waals surface area contributed by atoms with Gasteiger partial charge >= 0.3 is 0 Å². The predicted molar refractivity (Wildman–Crippen MR) is 125 cm³/mol. The number of benzene rings is 3. The van der Waals surface area contributed by atoms with E-state index in [1.54, 1.807) is 7.11 Å². The number of hydrogen-bond donors (Lipinski definition) is 2. The molecule has 0 saturated carbocycles. The topological polar surface area (TPSA) is 44.7 Å². The summed E-state index contributed by atoms with van der Waals surface area (Å²) >= 11 is 0. The van der Waals surface area contributed by atoms with Crippen LogP contribution in [0.4, 0.5) is 0 Å². The van der Waals surface area contributed by atoms with E-state index in [0.717, 1.165) is 18.7 Å². The molecule has 2 N–H and O–H groups in total. The van der Waals surface area contributed by atoms with Gasteiger partial charge in [0, 0.05) is 31.0 Å². The molecule has 0 aromatic heterocycles. The zero-order valence-electron chi connectivity index (χ0n) is 18.3. The molecule has 1 saturated heterocycles. The van der Waals surface area contributed by atoms with E-state index in [0.29, 0.717) is 5.92 Å².